The maximum Gasteiger partial charge on any atom is 0.201 e. The lowest BCUT2D eigenvalue weighted by atomic mass is 9.89. The van der Waals surface area contributed by atoms with E-state index in [1.165, 1.54) is 31.7 Å². The molecule has 5 heteroatoms. The van der Waals surface area contributed by atoms with E-state index in [4.69, 9.17) is 9.47 Å². The Labute approximate surface area is 237 Å². The Morgan fingerprint density at radius 1 is 0.725 bits per heavy atom. The van der Waals surface area contributed by atoms with Gasteiger partial charge in [-0.05, 0) is 60.6 Å². The second-order valence-corrected chi connectivity index (χ2v) is 11.0. The Hall–Kier alpha value is -2.79. The molecule has 1 fully saturated rings. The van der Waals surface area contributed by atoms with Crippen LogP contribution in [-0.2, 0) is 4.74 Å². The lowest BCUT2D eigenvalue weighted by Crippen LogP contribution is -2.24. The predicted molar refractivity (Wildman–Crippen MR) is 157 cm³/mol. The summed E-state index contributed by atoms with van der Waals surface area (Å²) in [5, 5.41) is 0. The summed E-state index contributed by atoms with van der Waals surface area (Å²) >= 11 is 0. The maximum atomic E-state index is 15.1. The van der Waals surface area contributed by atoms with Crippen molar-refractivity contribution in [2.75, 3.05) is 13.2 Å². The molecule has 216 valence electrons. The van der Waals surface area contributed by atoms with Crippen molar-refractivity contribution in [3.8, 4) is 28.0 Å². The van der Waals surface area contributed by atoms with E-state index >= 15 is 4.39 Å². The molecular formula is C35H43F3O2. The minimum Gasteiger partial charge on any atom is -0.490 e. The van der Waals surface area contributed by atoms with Crippen molar-refractivity contribution < 1.29 is 22.6 Å². The largest absolute Gasteiger partial charge is 0.490 e. The zero-order chi connectivity index (χ0) is 28.3. The van der Waals surface area contributed by atoms with Gasteiger partial charge in [0.2, 0.25) is 5.82 Å². The third-order valence-corrected chi connectivity index (χ3v) is 8.00. The van der Waals surface area contributed by atoms with E-state index in [9.17, 15) is 8.78 Å². The van der Waals surface area contributed by atoms with Crippen LogP contribution in [0, 0.1) is 17.5 Å². The van der Waals surface area contributed by atoms with Crippen LogP contribution in [0.2, 0.25) is 0 Å². The van der Waals surface area contributed by atoms with Crippen LogP contribution < -0.4 is 4.74 Å². The van der Waals surface area contributed by atoms with E-state index in [1.807, 2.05) is 6.07 Å². The summed E-state index contributed by atoms with van der Waals surface area (Å²) < 4.78 is 56.3. The van der Waals surface area contributed by atoms with Gasteiger partial charge in [0.05, 0.1) is 19.3 Å². The first-order chi connectivity index (χ1) is 19.5. The Morgan fingerprint density at radius 3 is 2.05 bits per heavy atom. The number of benzene rings is 3. The number of rotatable bonds is 14. The normalized spacial score (nSPS) is 17.2. The van der Waals surface area contributed by atoms with E-state index < -0.39 is 11.6 Å². The Bertz CT molecular complexity index is 1200. The molecule has 2 nitrogen and oxygen atoms in total. The van der Waals surface area contributed by atoms with Crippen molar-refractivity contribution >= 4 is 0 Å². The van der Waals surface area contributed by atoms with Crippen molar-refractivity contribution in [3.05, 3.63) is 77.6 Å². The minimum atomic E-state index is -0.973. The molecule has 0 bridgehead atoms. The van der Waals surface area contributed by atoms with Crippen LogP contribution in [0.25, 0.3) is 22.3 Å². The number of hydrogen-bond acceptors (Lipinski definition) is 2. The lowest BCUT2D eigenvalue weighted by Gasteiger charge is -2.29. The lowest BCUT2D eigenvalue weighted by molar-refractivity contribution is -0.00115. The minimum absolute atomic E-state index is 0.0599. The molecule has 2 unspecified atom stereocenters. The topological polar surface area (TPSA) is 18.5 Å². The molecule has 1 aliphatic heterocycles. The second kappa shape index (κ2) is 15.3. The molecule has 0 N–H and O–H groups in total. The van der Waals surface area contributed by atoms with Crippen molar-refractivity contribution in [3.63, 3.8) is 0 Å². The third-order valence-electron chi connectivity index (χ3n) is 8.00. The summed E-state index contributed by atoms with van der Waals surface area (Å²) in [6, 6.07) is 15.3. The van der Waals surface area contributed by atoms with Gasteiger partial charge in [0.15, 0.2) is 11.6 Å². The molecule has 0 radical (unpaired) electrons. The zero-order valence-electron chi connectivity index (χ0n) is 24.0. The SMILES string of the molecule is CCCCCCCCCOc1ccc(-c2ccc(-c3ccc(C4CCC(CCC)OC4)cc3F)cc2)c(F)c1F. The second-order valence-electron chi connectivity index (χ2n) is 11.0. The molecule has 1 saturated heterocycles. The highest BCUT2D eigenvalue weighted by Crippen LogP contribution is 2.34. The first-order valence-corrected chi connectivity index (χ1v) is 15.1. The van der Waals surface area contributed by atoms with Crippen LogP contribution in [0.5, 0.6) is 5.75 Å². The number of halogens is 3. The summed E-state index contributed by atoms with van der Waals surface area (Å²) in [7, 11) is 0. The van der Waals surface area contributed by atoms with Crippen molar-refractivity contribution in [1.29, 1.82) is 0 Å². The molecule has 0 aliphatic carbocycles. The van der Waals surface area contributed by atoms with Crippen LogP contribution in [0.15, 0.2) is 54.6 Å². The molecular weight excluding hydrogens is 509 g/mol. The van der Waals surface area contributed by atoms with Crippen LogP contribution >= 0.6 is 0 Å². The molecule has 40 heavy (non-hydrogen) atoms. The van der Waals surface area contributed by atoms with Crippen molar-refractivity contribution in [2.45, 2.75) is 96.5 Å². The summed E-state index contributed by atoms with van der Waals surface area (Å²) in [5.74, 6) is -2.05. The fraction of sp³-hybridized carbons (Fsp3) is 0.486. The van der Waals surface area contributed by atoms with E-state index in [0.29, 0.717) is 36.0 Å². The van der Waals surface area contributed by atoms with Gasteiger partial charge in [-0.15, -0.1) is 0 Å². The Kier molecular flexibility index (Phi) is 11.5. The number of unbranched alkanes of at least 4 members (excludes halogenated alkanes) is 6. The molecule has 0 amide bonds. The quantitative estimate of drug-likeness (QED) is 0.185. The van der Waals surface area contributed by atoms with Gasteiger partial charge in [-0.3, -0.25) is 0 Å². The smallest absolute Gasteiger partial charge is 0.201 e. The fourth-order valence-electron chi connectivity index (χ4n) is 5.57. The molecule has 4 rings (SSSR count). The first kappa shape index (κ1) is 30.2. The van der Waals surface area contributed by atoms with Crippen molar-refractivity contribution in [2.24, 2.45) is 0 Å². The van der Waals surface area contributed by atoms with Gasteiger partial charge in [0.25, 0.3) is 0 Å². The van der Waals surface area contributed by atoms with Gasteiger partial charge in [-0.2, -0.15) is 4.39 Å². The van der Waals surface area contributed by atoms with Gasteiger partial charge >= 0.3 is 0 Å². The summed E-state index contributed by atoms with van der Waals surface area (Å²) in [6.07, 6.45) is 12.4. The first-order valence-electron chi connectivity index (χ1n) is 15.1. The van der Waals surface area contributed by atoms with Gasteiger partial charge in [0.1, 0.15) is 5.82 Å². The molecule has 2 atom stereocenters. The van der Waals surface area contributed by atoms with E-state index in [2.05, 4.69) is 13.8 Å². The van der Waals surface area contributed by atoms with E-state index in [-0.39, 0.29) is 23.0 Å². The monoisotopic (exact) mass is 552 g/mol. The number of hydrogen-bond donors (Lipinski definition) is 0. The molecule has 3 aromatic carbocycles. The standard InChI is InChI=1S/C35H43F3O2/c1-3-5-6-7-8-9-10-22-39-33-21-20-31(34(37)35(33)38)26-14-12-25(13-15-26)30-19-17-27(23-32(30)36)28-16-18-29(11-4-2)40-24-28/h12-15,17,19-21,23,28-29H,3-11,16,18,22,24H2,1-2H3. The predicted octanol–water partition coefficient (Wildman–Crippen LogP) is 10.6. The van der Waals surface area contributed by atoms with Gasteiger partial charge in [0, 0.05) is 17.0 Å². The van der Waals surface area contributed by atoms with E-state index in [0.717, 1.165) is 50.5 Å². The van der Waals surface area contributed by atoms with Crippen LogP contribution in [0.1, 0.15) is 96.0 Å². The molecule has 0 spiro atoms. The van der Waals surface area contributed by atoms with E-state index in [1.54, 1.807) is 42.5 Å². The van der Waals surface area contributed by atoms with Crippen LogP contribution in [-0.4, -0.2) is 19.3 Å². The average Bonchev–Trinajstić information content (AvgIpc) is 2.97. The summed E-state index contributed by atoms with van der Waals surface area (Å²) in [5.41, 5.74) is 2.81. The van der Waals surface area contributed by atoms with Gasteiger partial charge < -0.3 is 9.47 Å². The Balaban J connectivity index is 1.35. The van der Waals surface area contributed by atoms with Crippen LogP contribution in [0.3, 0.4) is 0 Å². The zero-order valence-corrected chi connectivity index (χ0v) is 24.0. The third kappa shape index (κ3) is 7.90. The fourth-order valence-corrected chi connectivity index (χ4v) is 5.57. The highest BCUT2D eigenvalue weighted by atomic mass is 19.2. The Morgan fingerprint density at radius 2 is 1.40 bits per heavy atom. The van der Waals surface area contributed by atoms with Crippen molar-refractivity contribution in [1.82, 2.24) is 0 Å². The average molecular weight is 553 g/mol. The highest BCUT2D eigenvalue weighted by Gasteiger charge is 2.23. The van der Waals surface area contributed by atoms with Gasteiger partial charge in [-0.25, -0.2) is 8.78 Å². The van der Waals surface area contributed by atoms with Gasteiger partial charge in [-0.1, -0.05) is 95.2 Å². The summed E-state index contributed by atoms with van der Waals surface area (Å²) in [6.45, 7) is 5.35. The molecule has 0 saturated carbocycles. The molecule has 3 aromatic rings. The van der Waals surface area contributed by atoms with Crippen LogP contribution in [0.4, 0.5) is 13.2 Å². The molecule has 0 aromatic heterocycles. The molecule has 1 heterocycles. The molecule has 1 aliphatic rings. The number of ether oxygens (including phenoxy) is 2. The maximum absolute atomic E-state index is 15.1. The highest BCUT2D eigenvalue weighted by molar-refractivity contribution is 5.71. The summed E-state index contributed by atoms with van der Waals surface area (Å²) in [4.78, 5) is 0.